The molecule has 2 unspecified atom stereocenters. The van der Waals surface area contributed by atoms with Gasteiger partial charge in [-0.25, -0.2) is 9.59 Å². The van der Waals surface area contributed by atoms with E-state index in [1.54, 1.807) is 32.0 Å². The van der Waals surface area contributed by atoms with Crippen molar-refractivity contribution in [2.24, 2.45) is 0 Å². The molecule has 1 aromatic rings. The van der Waals surface area contributed by atoms with Gasteiger partial charge in [0.15, 0.2) is 0 Å². The summed E-state index contributed by atoms with van der Waals surface area (Å²) in [7, 11) is 0. The second-order valence-corrected chi connectivity index (χ2v) is 8.21. The van der Waals surface area contributed by atoms with E-state index in [4.69, 9.17) is 21.1 Å². The Morgan fingerprint density at radius 2 is 1.97 bits per heavy atom. The second-order valence-electron chi connectivity index (χ2n) is 6.53. The Morgan fingerprint density at radius 1 is 1.20 bits per heavy atom. The van der Waals surface area contributed by atoms with Crippen LogP contribution in [0.4, 0.5) is 10.5 Å². The normalized spacial score (nSPS) is 20.5. The number of hydrogen-bond donors (Lipinski definition) is 3. The zero-order valence-electron chi connectivity index (χ0n) is 16.2. The summed E-state index contributed by atoms with van der Waals surface area (Å²) in [5, 5.41) is 7.58. The van der Waals surface area contributed by atoms with E-state index in [1.807, 2.05) is 0 Å². The quantitative estimate of drug-likeness (QED) is 0.564. The molecule has 0 aliphatic carbocycles. The summed E-state index contributed by atoms with van der Waals surface area (Å²) in [5.41, 5.74) is 0.927. The van der Waals surface area contributed by atoms with Gasteiger partial charge < -0.3 is 25.4 Å². The Labute approximate surface area is 181 Å². The van der Waals surface area contributed by atoms with Gasteiger partial charge in [-0.1, -0.05) is 11.6 Å². The smallest absolute Gasteiger partial charge is 0.338 e. The average molecular weight is 454 g/mol. The lowest BCUT2D eigenvalue weighted by Gasteiger charge is -2.26. The molecule has 0 bridgehead atoms. The molecule has 0 spiro atoms. The van der Waals surface area contributed by atoms with Crippen LogP contribution in [-0.2, 0) is 23.9 Å². The predicted octanol–water partition coefficient (Wildman–Crippen LogP) is 2.20. The molecule has 30 heavy (non-hydrogen) atoms. The van der Waals surface area contributed by atoms with Gasteiger partial charge in [0.25, 0.3) is 0 Å². The Bertz CT molecular complexity index is 935. The number of urea groups is 1. The third-order valence-electron chi connectivity index (χ3n) is 4.36. The highest BCUT2D eigenvalue weighted by molar-refractivity contribution is 8.01. The van der Waals surface area contributed by atoms with Gasteiger partial charge in [-0.05, 0) is 32.0 Å². The van der Waals surface area contributed by atoms with Crippen LogP contribution < -0.4 is 16.0 Å². The zero-order chi connectivity index (χ0) is 21.8. The maximum absolute atomic E-state index is 12.3. The third-order valence-corrected chi connectivity index (χ3v) is 5.87. The molecule has 0 saturated carbocycles. The summed E-state index contributed by atoms with van der Waals surface area (Å²) in [4.78, 5) is 49.3. The minimum atomic E-state index is -0.675. The first-order valence-electron chi connectivity index (χ1n) is 9.18. The molecule has 0 aromatic heterocycles. The van der Waals surface area contributed by atoms with E-state index >= 15 is 0 Å². The van der Waals surface area contributed by atoms with Crippen LogP contribution in [0.5, 0.6) is 0 Å². The molecule has 3 N–H and O–H groups in total. The maximum atomic E-state index is 12.3. The first-order chi connectivity index (χ1) is 14.3. The number of carbonyl (C=O) groups is 4. The largest absolute Gasteiger partial charge is 0.463 e. The summed E-state index contributed by atoms with van der Waals surface area (Å²) in [6.45, 7) is 3.13. The fourth-order valence-electron chi connectivity index (χ4n) is 3.01. The number of benzene rings is 1. The van der Waals surface area contributed by atoms with Crippen LogP contribution >= 0.6 is 23.4 Å². The number of hydrogen-bond acceptors (Lipinski definition) is 7. The van der Waals surface area contributed by atoms with Gasteiger partial charge in [0.2, 0.25) is 5.91 Å². The highest BCUT2D eigenvalue weighted by Crippen LogP contribution is 2.38. The molecule has 1 aromatic carbocycles. The van der Waals surface area contributed by atoms with E-state index in [0.717, 1.165) is 4.90 Å². The van der Waals surface area contributed by atoms with Gasteiger partial charge in [-0.2, -0.15) is 0 Å². The maximum Gasteiger partial charge on any atom is 0.338 e. The predicted molar refractivity (Wildman–Crippen MR) is 110 cm³/mol. The second kappa shape index (κ2) is 9.40. The van der Waals surface area contributed by atoms with Crippen molar-refractivity contribution < 1.29 is 28.7 Å². The summed E-state index contributed by atoms with van der Waals surface area (Å²) in [6, 6.07) is 3.99. The fraction of sp³-hybridized carbons (Fsp3) is 0.368. The Balaban J connectivity index is 1.65. The minimum Gasteiger partial charge on any atom is -0.463 e. The minimum absolute atomic E-state index is 0.152. The molecule has 3 rings (SSSR count). The summed E-state index contributed by atoms with van der Waals surface area (Å²) < 4.78 is 10.2. The lowest BCUT2D eigenvalue weighted by molar-refractivity contribution is -0.144. The summed E-state index contributed by atoms with van der Waals surface area (Å²) in [6.07, 6.45) is -0.178. The number of rotatable bonds is 6. The van der Waals surface area contributed by atoms with Crippen molar-refractivity contribution in [2.75, 3.05) is 18.5 Å². The number of thioether (sulfide) groups is 1. The molecule has 160 valence electrons. The molecular weight excluding hydrogens is 434 g/mol. The number of anilines is 1. The molecule has 9 nitrogen and oxygen atoms in total. The molecule has 0 fully saturated rings. The Hall–Kier alpha value is -2.72. The molecule has 2 atom stereocenters. The van der Waals surface area contributed by atoms with Crippen molar-refractivity contribution in [3.8, 4) is 0 Å². The standard InChI is InChI=1S/C19H20ClN3O6S/c1-3-28-18(26)16-9(2)21-19(27)23-12(16)8-29-15(24)7-14-17(25)22-11-6-10(20)4-5-13(11)30-14/h4-6,9,14H,3,7-8H2,1-2H3,(H,22,25)(H2,21,23,27). The highest BCUT2D eigenvalue weighted by atomic mass is 35.5. The lowest BCUT2D eigenvalue weighted by Crippen LogP contribution is -2.50. The summed E-state index contributed by atoms with van der Waals surface area (Å²) in [5.74, 6) is -1.58. The van der Waals surface area contributed by atoms with Crippen LogP contribution in [0.2, 0.25) is 5.02 Å². The summed E-state index contributed by atoms with van der Waals surface area (Å²) >= 11 is 7.17. The van der Waals surface area contributed by atoms with E-state index in [-0.39, 0.29) is 36.8 Å². The Kier molecular flexibility index (Phi) is 6.88. The third kappa shape index (κ3) is 5.06. The van der Waals surface area contributed by atoms with Gasteiger partial charge in [-0.15, -0.1) is 11.8 Å². The van der Waals surface area contributed by atoms with Gasteiger partial charge >= 0.3 is 18.0 Å². The van der Waals surface area contributed by atoms with E-state index < -0.39 is 29.3 Å². The Morgan fingerprint density at radius 3 is 2.70 bits per heavy atom. The van der Waals surface area contributed by atoms with Crippen LogP contribution in [-0.4, -0.2) is 48.4 Å². The average Bonchev–Trinajstić information content (AvgIpc) is 2.66. The molecule has 2 aliphatic heterocycles. The monoisotopic (exact) mass is 453 g/mol. The highest BCUT2D eigenvalue weighted by Gasteiger charge is 2.32. The SMILES string of the molecule is CCOC(=O)C1=C(COC(=O)CC2Sc3ccc(Cl)cc3NC2=O)NC(=O)NC1C. The van der Waals surface area contributed by atoms with Crippen molar-refractivity contribution in [1.82, 2.24) is 10.6 Å². The zero-order valence-corrected chi connectivity index (χ0v) is 17.8. The van der Waals surface area contributed by atoms with Crippen LogP contribution in [0, 0.1) is 0 Å². The molecule has 0 radical (unpaired) electrons. The molecule has 2 heterocycles. The van der Waals surface area contributed by atoms with Crippen molar-refractivity contribution >= 4 is 52.9 Å². The van der Waals surface area contributed by atoms with Crippen molar-refractivity contribution in [1.29, 1.82) is 0 Å². The molecule has 0 saturated heterocycles. The van der Waals surface area contributed by atoms with E-state index in [9.17, 15) is 19.2 Å². The van der Waals surface area contributed by atoms with Crippen LogP contribution in [0.15, 0.2) is 34.4 Å². The number of esters is 2. The topological polar surface area (TPSA) is 123 Å². The van der Waals surface area contributed by atoms with E-state index in [1.165, 1.54) is 11.8 Å². The van der Waals surface area contributed by atoms with Crippen LogP contribution in [0.1, 0.15) is 20.3 Å². The number of ether oxygens (including phenoxy) is 2. The first-order valence-corrected chi connectivity index (χ1v) is 10.4. The number of fused-ring (bicyclic) bond motifs is 1. The van der Waals surface area contributed by atoms with Gasteiger partial charge in [0.1, 0.15) is 6.61 Å². The van der Waals surface area contributed by atoms with Gasteiger partial charge in [0.05, 0.1) is 41.3 Å². The number of nitrogens with one attached hydrogen (secondary N) is 3. The van der Waals surface area contributed by atoms with E-state index in [2.05, 4.69) is 16.0 Å². The van der Waals surface area contributed by atoms with Gasteiger partial charge in [-0.3, -0.25) is 9.59 Å². The molecule has 2 aliphatic rings. The number of halogens is 1. The first kappa shape index (κ1) is 22.0. The van der Waals surface area contributed by atoms with Crippen molar-refractivity contribution in [3.63, 3.8) is 0 Å². The molecule has 11 heteroatoms. The van der Waals surface area contributed by atoms with E-state index in [0.29, 0.717) is 10.7 Å². The van der Waals surface area contributed by atoms with Crippen molar-refractivity contribution in [3.05, 3.63) is 34.5 Å². The molecular formula is C19H20ClN3O6S. The van der Waals surface area contributed by atoms with Gasteiger partial charge in [0, 0.05) is 9.92 Å². The number of carbonyl (C=O) groups excluding carboxylic acids is 4. The molecule has 3 amide bonds. The fourth-order valence-corrected chi connectivity index (χ4v) is 4.26. The van der Waals surface area contributed by atoms with Crippen LogP contribution in [0.3, 0.4) is 0 Å². The lowest BCUT2D eigenvalue weighted by atomic mass is 10.0. The van der Waals surface area contributed by atoms with Crippen molar-refractivity contribution in [2.45, 2.75) is 36.5 Å². The number of amides is 3. The van der Waals surface area contributed by atoms with Crippen LogP contribution in [0.25, 0.3) is 0 Å².